The zero-order chi connectivity index (χ0) is 22.6. The lowest BCUT2D eigenvalue weighted by atomic mass is 10.3. The molecule has 0 bridgehead atoms. The summed E-state index contributed by atoms with van der Waals surface area (Å²) in [6.45, 7) is 2.44. The smallest absolute Gasteiger partial charge is 0.260 e. The summed E-state index contributed by atoms with van der Waals surface area (Å²) in [4.78, 5) is 25.3. The number of fused-ring (bicyclic) bond motifs is 1. The number of carbonyl (C=O) groups excluding carboxylic acids is 1. The van der Waals surface area contributed by atoms with Gasteiger partial charge in [0.1, 0.15) is 17.8 Å². The molecule has 0 unspecified atom stereocenters. The van der Waals surface area contributed by atoms with Gasteiger partial charge in [-0.1, -0.05) is 29.5 Å². The number of benzene rings is 2. The molecule has 4 aromatic rings. The first-order valence-electron chi connectivity index (χ1n) is 10.6. The molecule has 168 valence electrons. The Morgan fingerprint density at radius 3 is 2.55 bits per heavy atom. The highest BCUT2D eigenvalue weighted by Crippen LogP contribution is 2.25. The lowest BCUT2D eigenvalue weighted by molar-refractivity contribution is -0.133. The molecule has 3 heterocycles. The van der Waals surface area contributed by atoms with Crippen molar-refractivity contribution in [1.29, 1.82) is 0 Å². The third-order valence-electron chi connectivity index (χ3n) is 5.55. The van der Waals surface area contributed by atoms with Crippen LogP contribution in [0.5, 0.6) is 11.5 Å². The number of aromatic nitrogens is 5. The van der Waals surface area contributed by atoms with E-state index in [2.05, 4.69) is 25.2 Å². The van der Waals surface area contributed by atoms with E-state index in [1.807, 2.05) is 59.5 Å². The molecule has 2 aromatic carbocycles. The van der Waals surface area contributed by atoms with Gasteiger partial charge in [0, 0.05) is 32.2 Å². The normalized spacial score (nSPS) is 13.8. The van der Waals surface area contributed by atoms with Crippen molar-refractivity contribution in [3.05, 3.63) is 60.9 Å². The predicted octanol–water partition coefficient (Wildman–Crippen LogP) is 1.95. The largest absolute Gasteiger partial charge is 0.497 e. The maximum absolute atomic E-state index is 12.6. The van der Waals surface area contributed by atoms with Crippen molar-refractivity contribution in [2.45, 2.75) is 0 Å². The van der Waals surface area contributed by atoms with Gasteiger partial charge in [-0.15, -0.1) is 5.10 Å². The molecule has 10 heteroatoms. The number of methoxy groups -OCH3 is 1. The van der Waals surface area contributed by atoms with Gasteiger partial charge < -0.3 is 19.3 Å². The third kappa shape index (κ3) is 4.27. The quantitative estimate of drug-likeness (QED) is 0.444. The van der Waals surface area contributed by atoms with Crippen LogP contribution in [0.1, 0.15) is 0 Å². The summed E-state index contributed by atoms with van der Waals surface area (Å²) in [6, 6.07) is 16.9. The molecule has 1 aliphatic rings. The minimum atomic E-state index is -0.0321. The number of nitrogens with zero attached hydrogens (tertiary/aromatic N) is 7. The van der Waals surface area contributed by atoms with Crippen LogP contribution in [0.15, 0.2) is 60.9 Å². The highest BCUT2D eigenvalue weighted by molar-refractivity contribution is 5.84. The fourth-order valence-corrected chi connectivity index (χ4v) is 3.81. The Kier molecular flexibility index (Phi) is 5.71. The van der Waals surface area contributed by atoms with Gasteiger partial charge in [0.15, 0.2) is 23.6 Å². The van der Waals surface area contributed by atoms with Gasteiger partial charge in [-0.2, -0.15) is 4.68 Å². The van der Waals surface area contributed by atoms with Gasteiger partial charge in [-0.05, 0) is 24.3 Å². The van der Waals surface area contributed by atoms with Crippen molar-refractivity contribution >= 4 is 22.9 Å². The van der Waals surface area contributed by atoms with Crippen LogP contribution in [0.4, 0.5) is 5.82 Å². The number of rotatable bonds is 6. The molecule has 1 aliphatic heterocycles. The second-order valence-electron chi connectivity index (χ2n) is 7.54. The van der Waals surface area contributed by atoms with Crippen molar-refractivity contribution in [2.24, 2.45) is 0 Å². The maximum atomic E-state index is 12.6. The molecule has 1 fully saturated rings. The Balaban J connectivity index is 1.28. The summed E-state index contributed by atoms with van der Waals surface area (Å²) >= 11 is 0. The van der Waals surface area contributed by atoms with Gasteiger partial charge in [-0.25, -0.2) is 9.97 Å². The van der Waals surface area contributed by atoms with Crippen molar-refractivity contribution < 1.29 is 14.3 Å². The molecule has 33 heavy (non-hydrogen) atoms. The van der Waals surface area contributed by atoms with Crippen LogP contribution in [-0.4, -0.2) is 75.7 Å². The van der Waals surface area contributed by atoms with Crippen LogP contribution >= 0.6 is 0 Å². The molecular weight excluding hydrogens is 422 g/mol. The van der Waals surface area contributed by atoms with E-state index >= 15 is 0 Å². The van der Waals surface area contributed by atoms with E-state index < -0.39 is 0 Å². The van der Waals surface area contributed by atoms with Crippen molar-refractivity contribution in [2.75, 3.05) is 44.8 Å². The molecular formula is C23H23N7O3. The summed E-state index contributed by atoms with van der Waals surface area (Å²) in [5.74, 6) is 2.09. The lowest BCUT2D eigenvalue weighted by Gasteiger charge is -2.35. The number of ether oxygens (including phenoxy) is 2. The first-order chi connectivity index (χ1) is 16.2. The maximum Gasteiger partial charge on any atom is 0.260 e. The summed E-state index contributed by atoms with van der Waals surface area (Å²) in [5.41, 5.74) is 2.03. The minimum absolute atomic E-state index is 0.0244. The van der Waals surface area contributed by atoms with Crippen molar-refractivity contribution in [3.63, 3.8) is 0 Å². The first-order valence-corrected chi connectivity index (χ1v) is 10.6. The van der Waals surface area contributed by atoms with Crippen LogP contribution in [0.3, 0.4) is 0 Å². The Morgan fingerprint density at radius 2 is 1.76 bits per heavy atom. The Bertz CT molecular complexity index is 1250. The van der Waals surface area contributed by atoms with Crippen LogP contribution in [0.2, 0.25) is 0 Å². The molecule has 2 aromatic heterocycles. The number of carbonyl (C=O) groups is 1. The highest BCUT2D eigenvalue weighted by atomic mass is 16.5. The van der Waals surface area contributed by atoms with E-state index in [0.29, 0.717) is 48.9 Å². The van der Waals surface area contributed by atoms with E-state index in [1.54, 1.807) is 11.8 Å². The van der Waals surface area contributed by atoms with Gasteiger partial charge in [0.2, 0.25) is 0 Å². The molecule has 0 N–H and O–H groups in total. The third-order valence-corrected chi connectivity index (χ3v) is 5.55. The molecule has 5 rings (SSSR count). The monoisotopic (exact) mass is 445 g/mol. The van der Waals surface area contributed by atoms with E-state index in [9.17, 15) is 4.79 Å². The number of anilines is 1. The van der Waals surface area contributed by atoms with E-state index in [1.165, 1.54) is 6.33 Å². The number of para-hydroxylation sites is 1. The predicted molar refractivity (Wildman–Crippen MR) is 122 cm³/mol. The summed E-state index contributed by atoms with van der Waals surface area (Å²) in [6.07, 6.45) is 1.52. The van der Waals surface area contributed by atoms with Gasteiger partial charge in [-0.3, -0.25) is 4.79 Å². The molecule has 10 nitrogen and oxygen atoms in total. The molecule has 0 radical (unpaired) electrons. The standard InChI is InChI=1S/C23H23N7O3/c1-32-19-9-5-6-17(14-19)30-23-21(26-27-30)22(24-16-25-23)29-12-10-28(11-13-29)20(31)15-33-18-7-3-2-4-8-18/h2-9,14,16H,10-13,15H2,1H3. The van der Waals surface area contributed by atoms with Gasteiger partial charge >= 0.3 is 0 Å². The lowest BCUT2D eigenvalue weighted by Crippen LogP contribution is -2.50. The van der Waals surface area contributed by atoms with Crippen LogP contribution < -0.4 is 14.4 Å². The average Bonchev–Trinajstić information content (AvgIpc) is 3.32. The fourth-order valence-electron chi connectivity index (χ4n) is 3.81. The zero-order valence-corrected chi connectivity index (χ0v) is 18.2. The molecule has 1 amide bonds. The topological polar surface area (TPSA) is 98.5 Å². The van der Waals surface area contributed by atoms with E-state index in [4.69, 9.17) is 9.47 Å². The molecule has 0 atom stereocenters. The molecule has 0 spiro atoms. The Hall–Kier alpha value is -4.21. The fraction of sp³-hybridized carbons (Fsp3) is 0.261. The Morgan fingerprint density at radius 1 is 0.970 bits per heavy atom. The second-order valence-corrected chi connectivity index (χ2v) is 7.54. The van der Waals surface area contributed by atoms with Crippen LogP contribution in [0, 0.1) is 0 Å². The van der Waals surface area contributed by atoms with E-state index in [-0.39, 0.29) is 12.5 Å². The van der Waals surface area contributed by atoms with Crippen LogP contribution in [-0.2, 0) is 4.79 Å². The summed E-state index contributed by atoms with van der Waals surface area (Å²) in [5, 5.41) is 8.64. The number of piperazine rings is 1. The molecule has 0 aliphatic carbocycles. The molecule has 1 saturated heterocycles. The number of hydrogen-bond acceptors (Lipinski definition) is 8. The second kappa shape index (κ2) is 9.11. The zero-order valence-electron chi connectivity index (χ0n) is 18.2. The first kappa shape index (κ1) is 20.7. The van der Waals surface area contributed by atoms with Gasteiger partial charge in [0.05, 0.1) is 12.8 Å². The van der Waals surface area contributed by atoms with E-state index in [0.717, 1.165) is 11.4 Å². The number of amides is 1. The highest BCUT2D eigenvalue weighted by Gasteiger charge is 2.25. The van der Waals surface area contributed by atoms with Gasteiger partial charge in [0.25, 0.3) is 5.91 Å². The number of hydrogen-bond donors (Lipinski definition) is 0. The summed E-state index contributed by atoms with van der Waals surface area (Å²) < 4.78 is 12.6. The SMILES string of the molecule is COc1cccc(-n2nnc3c(N4CCN(C(=O)COc5ccccc5)CC4)ncnc32)c1. The summed E-state index contributed by atoms with van der Waals surface area (Å²) in [7, 11) is 1.62. The average molecular weight is 445 g/mol. The van der Waals surface area contributed by atoms with Crippen molar-refractivity contribution in [3.8, 4) is 17.2 Å². The molecule has 0 saturated carbocycles. The minimum Gasteiger partial charge on any atom is -0.497 e. The Labute approximate surface area is 190 Å². The van der Waals surface area contributed by atoms with Crippen LogP contribution in [0.25, 0.3) is 16.9 Å². The van der Waals surface area contributed by atoms with Crippen molar-refractivity contribution in [1.82, 2.24) is 29.9 Å².